The Bertz CT molecular complexity index is 691. The normalized spacial score (nSPS) is 13.8. The van der Waals surface area contributed by atoms with E-state index in [2.05, 4.69) is 50.1 Å². The van der Waals surface area contributed by atoms with Crippen molar-refractivity contribution in [2.45, 2.75) is 32.7 Å². The molecule has 1 aliphatic heterocycles. The summed E-state index contributed by atoms with van der Waals surface area (Å²) in [6.45, 7) is 6.12. The van der Waals surface area contributed by atoms with Crippen LogP contribution in [-0.2, 0) is 0 Å². The Morgan fingerprint density at radius 1 is 1.04 bits per heavy atom. The van der Waals surface area contributed by atoms with Crippen molar-refractivity contribution < 1.29 is 4.79 Å². The fourth-order valence-corrected chi connectivity index (χ4v) is 2.85. The molecule has 2 heterocycles. The maximum atomic E-state index is 11.7. The van der Waals surface area contributed by atoms with Crippen LogP contribution in [0.2, 0.25) is 0 Å². The van der Waals surface area contributed by atoms with E-state index in [1.54, 1.807) is 12.3 Å². The molecule has 2 amide bonds. The fourth-order valence-electron chi connectivity index (χ4n) is 2.85. The molecule has 1 aliphatic rings. The molecular weight excluding hydrogens is 314 g/mol. The van der Waals surface area contributed by atoms with Gasteiger partial charge in [-0.25, -0.2) is 9.78 Å². The van der Waals surface area contributed by atoms with Gasteiger partial charge in [-0.1, -0.05) is 0 Å². The number of anilines is 4. The van der Waals surface area contributed by atoms with E-state index in [9.17, 15) is 4.79 Å². The minimum absolute atomic E-state index is 0.0875. The van der Waals surface area contributed by atoms with E-state index < -0.39 is 0 Å². The number of hydrogen-bond acceptors (Lipinski definition) is 4. The van der Waals surface area contributed by atoms with Gasteiger partial charge < -0.3 is 15.5 Å². The molecular formula is C19H25N5O. The lowest BCUT2D eigenvalue weighted by molar-refractivity contribution is 0.250. The minimum Gasteiger partial charge on any atom is -0.372 e. The van der Waals surface area contributed by atoms with Crippen LogP contribution in [0.4, 0.5) is 27.7 Å². The highest BCUT2D eigenvalue weighted by atomic mass is 16.2. The number of urea groups is 1. The average Bonchev–Trinajstić information content (AvgIpc) is 3.11. The summed E-state index contributed by atoms with van der Waals surface area (Å²) in [6.07, 6.45) is 4.27. The SMILES string of the molecule is CC(C)NC(=O)Nc1ccc(Nc2ccc(N3CCCC3)cc2)cn1. The van der Waals surface area contributed by atoms with Crippen LogP contribution in [0.3, 0.4) is 0 Å². The zero-order valence-electron chi connectivity index (χ0n) is 14.7. The molecule has 25 heavy (non-hydrogen) atoms. The van der Waals surface area contributed by atoms with E-state index in [-0.39, 0.29) is 12.1 Å². The van der Waals surface area contributed by atoms with Gasteiger partial charge in [0, 0.05) is 30.5 Å². The number of rotatable bonds is 5. The number of carbonyl (C=O) groups is 1. The summed E-state index contributed by atoms with van der Waals surface area (Å²) in [5, 5.41) is 8.80. The number of benzene rings is 1. The van der Waals surface area contributed by atoms with Crippen LogP contribution in [0.25, 0.3) is 0 Å². The molecule has 3 rings (SSSR count). The Morgan fingerprint density at radius 2 is 1.72 bits per heavy atom. The molecule has 3 N–H and O–H groups in total. The first-order valence-corrected chi connectivity index (χ1v) is 8.76. The summed E-state index contributed by atoms with van der Waals surface area (Å²) in [5.74, 6) is 0.521. The molecule has 132 valence electrons. The molecule has 1 saturated heterocycles. The van der Waals surface area contributed by atoms with Crippen molar-refractivity contribution in [2.24, 2.45) is 0 Å². The number of amides is 2. The predicted octanol–water partition coefficient (Wildman–Crippen LogP) is 3.96. The molecule has 0 saturated carbocycles. The number of hydrogen-bond donors (Lipinski definition) is 3. The van der Waals surface area contributed by atoms with Gasteiger partial charge in [0.1, 0.15) is 5.82 Å². The van der Waals surface area contributed by atoms with Crippen molar-refractivity contribution in [3.63, 3.8) is 0 Å². The maximum Gasteiger partial charge on any atom is 0.320 e. The first-order chi connectivity index (χ1) is 12.1. The summed E-state index contributed by atoms with van der Waals surface area (Å²) >= 11 is 0. The van der Waals surface area contributed by atoms with E-state index in [1.165, 1.54) is 18.5 Å². The molecule has 6 nitrogen and oxygen atoms in total. The molecule has 1 aromatic carbocycles. The van der Waals surface area contributed by atoms with Crippen LogP contribution in [0, 0.1) is 0 Å². The zero-order valence-corrected chi connectivity index (χ0v) is 14.7. The Kier molecular flexibility index (Phi) is 5.38. The highest BCUT2D eigenvalue weighted by Gasteiger charge is 2.11. The van der Waals surface area contributed by atoms with Gasteiger partial charge in [0.2, 0.25) is 0 Å². The Morgan fingerprint density at radius 3 is 2.32 bits per heavy atom. The second-order valence-electron chi connectivity index (χ2n) is 6.55. The van der Waals surface area contributed by atoms with Gasteiger partial charge in [-0.15, -0.1) is 0 Å². The van der Waals surface area contributed by atoms with Gasteiger partial charge >= 0.3 is 6.03 Å². The van der Waals surface area contributed by atoms with E-state index >= 15 is 0 Å². The van der Waals surface area contributed by atoms with Crippen LogP contribution in [0.15, 0.2) is 42.6 Å². The molecule has 1 aromatic heterocycles. The van der Waals surface area contributed by atoms with Gasteiger partial charge in [0.25, 0.3) is 0 Å². The number of carbonyl (C=O) groups excluding carboxylic acids is 1. The minimum atomic E-state index is -0.249. The highest BCUT2D eigenvalue weighted by molar-refractivity contribution is 5.88. The Labute approximate surface area is 148 Å². The van der Waals surface area contributed by atoms with Crippen LogP contribution in [0.1, 0.15) is 26.7 Å². The third kappa shape index (κ3) is 4.86. The quantitative estimate of drug-likeness (QED) is 0.771. The van der Waals surface area contributed by atoms with Crippen molar-refractivity contribution >= 4 is 28.9 Å². The van der Waals surface area contributed by atoms with Crippen molar-refractivity contribution in [1.82, 2.24) is 10.3 Å². The third-order valence-electron chi connectivity index (χ3n) is 4.05. The maximum absolute atomic E-state index is 11.7. The van der Waals surface area contributed by atoms with Crippen LogP contribution < -0.4 is 20.9 Å². The Balaban J connectivity index is 1.56. The molecule has 0 unspecified atom stereocenters. The van der Waals surface area contributed by atoms with E-state index in [4.69, 9.17) is 0 Å². The van der Waals surface area contributed by atoms with Gasteiger partial charge in [-0.05, 0) is 63.1 Å². The molecule has 0 radical (unpaired) electrons. The summed E-state index contributed by atoms with van der Waals surface area (Å²) in [4.78, 5) is 18.3. The lowest BCUT2D eigenvalue weighted by Gasteiger charge is -2.18. The van der Waals surface area contributed by atoms with E-state index in [0.29, 0.717) is 5.82 Å². The van der Waals surface area contributed by atoms with Gasteiger partial charge in [0.15, 0.2) is 0 Å². The first-order valence-electron chi connectivity index (χ1n) is 8.76. The summed E-state index contributed by atoms with van der Waals surface area (Å²) in [7, 11) is 0. The van der Waals surface area contributed by atoms with Crippen LogP contribution in [0.5, 0.6) is 0 Å². The predicted molar refractivity (Wildman–Crippen MR) is 103 cm³/mol. The second-order valence-corrected chi connectivity index (χ2v) is 6.55. The molecule has 0 bridgehead atoms. The highest BCUT2D eigenvalue weighted by Crippen LogP contribution is 2.24. The topological polar surface area (TPSA) is 69.3 Å². The summed E-state index contributed by atoms with van der Waals surface area (Å²) in [6, 6.07) is 12.0. The smallest absolute Gasteiger partial charge is 0.320 e. The standard InChI is InChI=1S/C19H25N5O/c1-14(2)21-19(25)23-18-10-7-16(13-20-18)22-15-5-8-17(9-6-15)24-11-3-4-12-24/h5-10,13-14,22H,3-4,11-12H2,1-2H3,(H2,20,21,23,25). The van der Waals surface area contributed by atoms with E-state index in [1.807, 2.05) is 19.9 Å². The van der Waals surface area contributed by atoms with Gasteiger partial charge in [-0.2, -0.15) is 0 Å². The molecule has 0 spiro atoms. The number of nitrogens with zero attached hydrogens (tertiary/aromatic N) is 2. The lowest BCUT2D eigenvalue weighted by atomic mass is 10.2. The second kappa shape index (κ2) is 7.88. The van der Waals surface area contributed by atoms with Gasteiger partial charge in [0.05, 0.1) is 11.9 Å². The molecule has 6 heteroatoms. The number of pyridine rings is 1. The zero-order chi connectivity index (χ0) is 17.6. The van der Waals surface area contributed by atoms with Crippen molar-refractivity contribution in [2.75, 3.05) is 28.6 Å². The number of aromatic nitrogens is 1. The summed E-state index contributed by atoms with van der Waals surface area (Å²) in [5.41, 5.74) is 3.17. The molecule has 0 aliphatic carbocycles. The van der Waals surface area contributed by atoms with Crippen LogP contribution in [-0.4, -0.2) is 30.1 Å². The van der Waals surface area contributed by atoms with Gasteiger partial charge in [-0.3, -0.25) is 5.32 Å². The average molecular weight is 339 g/mol. The van der Waals surface area contributed by atoms with Crippen molar-refractivity contribution in [3.05, 3.63) is 42.6 Å². The van der Waals surface area contributed by atoms with Crippen molar-refractivity contribution in [1.29, 1.82) is 0 Å². The molecule has 1 fully saturated rings. The Hall–Kier alpha value is -2.76. The first kappa shape index (κ1) is 17.1. The van der Waals surface area contributed by atoms with Crippen LogP contribution >= 0.6 is 0 Å². The monoisotopic (exact) mass is 339 g/mol. The summed E-state index contributed by atoms with van der Waals surface area (Å²) < 4.78 is 0. The van der Waals surface area contributed by atoms with Crippen molar-refractivity contribution in [3.8, 4) is 0 Å². The lowest BCUT2D eigenvalue weighted by Crippen LogP contribution is -2.34. The molecule has 2 aromatic rings. The van der Waals surface area contributed by atoms with E-state index in [0.717, 1.165) is 24.5 Å². The third-order valence-corrected chi connectivity index (χ3v) is 4.05. The largest absolute Gasteiger partial charge is 0.372 e. The molecule has 0 atom stereocenters. The number of nitrogens with one attached hydrogen (secondary N) is 3. The fraction of sp³-hybridized carbons (Fsp3) is 0.368.